The van der Waals surface area contributed by atoms with Crippen LogP contribution in [-0.4, -0.2) is 23.4 Å². The van der Waals surface area contributed by atoms with Crippen LogP contribution >= 0.6 is 0 Å². The van der Waals surface area contributed by atoms with Gasteiger partial charge in [-0.25, -0.2) is 4.99 Å². The van der Waals surface area contributed by atoms with Crippen molar-refractivity contribution in [2.75, 3.05) is 0 Å². The summed E-state index contributed by atoms with van der Waals surface area (Å²) in [5, 5.41) is 31.3. The van der Waals surface area contributed by atoms with Gasteiger partial charge in [-0.1, -0.05) is 24.3 Å². The molecule has 0 aromatic heterocycles. The van der Waals surface area contributed by atoms with Gasteiger partial charge in [-0.05, 0) is 35.4 Å². The van der Waals surface area contributed by atoms with Gasteiger partial charge in [-0.3, -0.25) is 15.7 Å². The molecule has 4 rings (SSSR count). The van der Waals surface area contributed by atoms with E-state index in [0.717, 1.165) is 0 Å². The monoisotopic (exact) mass is 336 g/mol. The van der Waals surface area contributed by atoms with Crippen molar-refractivity contribution in [1.29, 1.82) is 5.26 Å². The average molecular weight is 336 g/mol. The van der Waals surface area contributed by atoms with E-state index in [2.05, 4.69) is 9.98 Å². The fourth-order valence-electron chi connectivity index (χ4n) is 2.90. The first-order valence-electron chi connectivity index (χ1n) is 7.64. The SMILES string of the molecule is N#Cc1ccc(C2=NC(=O)C3=C2C([O-])=NC3=c2ccc(=C=[N-])cc2)cc1. The lowest BCUT2D eigenvalue weighted by Crippen LogP contribution is -2.22. The Morgan fingerprint density at radius 1 is 0.962 bits per heavy atom. The Morgan fingerprint density at radius 3 is 2.27 bits per heavy atom. The van der Waals surface area contributed by atoms with Crippen LogP contribution in [0.3, 0.4) is 0 Å². The first kappa shape index (κ1) is 15.5. The molecule has 2 aromatic carbocycles. The highest BCUT2D eigenvalue weighted by molar-refractivity contribution is 6.41. The maximum atomic E-state index is 12.4. The van der Waals surface area contributed by atoms with E-state index < -0.39 is 11.8 Å². The lowest BCUT2D eigenvalue weighted by molar-refractivity contribution is -0.212. The Kier molecular flexibility index (Phi) is 3.44. The van der Waals surface area contributed by atoms with Gasteiger partial charge in [0.1, 0.15) is 0 Å². The van der Waals surface area contributed by atoms with Gasteiger partial charge in [-0.2, -0.15) is 5.26 Å². The number of nitrogens with zero attached hydrogens (tertiary/aromatic N) is 4. The van der Waals surface area contributed by atoms with Crippen molar-refractivity contribution in [3.8, 4) is 6.07 Å². The second kappa shape index (κ2) is 5.78. The average Bonchev–Trinajstić information content (AvgIpc) is 3.21. The molecule has 6 heteroatoms. The summed E-state index contributed by atoms with van der Waals surface area (Å²) in [6, 6.07) is 15.0. The zero-order chi connectivity index (χ0) is 18.3. The Hall–Kier alpha value is -4.07. The van der Waals surface area contributed by atoms with Crippen LogP contribution in [0.2, 0.25) is 0 Å². The fourth-order valence-corrected chi connectivity index (χ4v) is 2.90. The van der Waals surface area contributed by atoms with Gasteiger partial charge in [0.05, 0.1) is 28.6 Å². The summed E-state index contributed by atoms with van der Waals surface area (Å²) in [5.74, 6) is 0.975. The summed E-state index contributed by atoms with van der Waals surface area (Å²) in [7, 11) is 0. The highest BCUT2D eigenvalue weighted by Crippen LogP contribution is 2.32. The summed E-state index contributed by atoms with van der Waals surface area (Å²) in [4.78, 5) is 20.5. The zero-order valence-electron chi connectivity index (χ0n) is 13.2. The quantitative estimate of drug-likeness (QED) is 0.665. The molecule has 0 atom stereocenters. The molecule has 122 valence electrons. The predicted octanol–water partition coefficient (Wildman–Crippen LogP) is -0.324. The van der Waals surface area contributed by atoms with Crippen molar-refractivity contribution in [3.63, 3.8) is 0 Å². The smallest absolute Gasteiger partial charge is 0.280 e. The number of hydrogen-bond acceptors (Lipinski definition) is 4. The van der Waals surface area contributed by atoms with Gasteiger partial charge < -0.3 is 10.5 Å². The van der Waals surface area contributed by atoms with Crippen molar-refractivity contribution in [2.24, 2.45) is 9.98 Å². The molecule has 0 bridgehead atoms. The van der Waals surface area contributed by atoms with Gasteiger partial charge in [-0.15, -0.1) is 0 Å². The van der Waals surface area contributed by atoms with Crippen LogP contribution in [-0.2, 0) is 4.79 Å². The van der Waals surface area contributed by atoms with E-state index in [4.69, 9.17) is 10.7 Å². The molecule has 2 aromatic rings. The van der Waals surface area contributed by atoms with Crippen molar-refractivity contribution in [2.45, 2.75) is 0 Å². The number of aliphatic imine (C=N–C) groups is 2. The molecule has 0 saturated carbocycles. The number of rotatable bonds is 1. The van der Waals surface area contributed by atoms with Crippen LogP contribution in [0.4, 0.5) is 0 Å². The molecule has 6 nitrogen and oxygen atoms in total. The van der Waals surface area contributed by atoms with Crippen molar-refractivity contribution < 1.29 is 9.90 Å². The molecule has 2 aliphatic heterocycles. The third kappa shape index (κ3) is 2.28. The molecular formula is C20H8N4O2-2. The van der Waals surface area contributed by atoms with E-state index in [1.54, 1.807) is 48.5 Å². The van der Waals surface area contributed by atoms with E-state index in [0.29, 0.717) is 21.6 Å². The summed E-state index contributed by atoms with van der Waals surface area (Å²) in [5.41, 5.74) is 1.95. The number of nitriles is 1. The standard InChI is InChI=1S/C20H9N4O2/c21-9-11-1-5-13(6-2-11)17-15-16(20(26)23-17)18(24-19(15)25)14-7-3-12(10-22)4-8-14/h1-8H,(H,23,26)/q-1/p-1. The highest BCUT2D eigenvalue weighted by atomic mass is 16.3. The number of carbonyl (C=O) groups is 1. The second-order valence-corrected chi connectivity index (χ2v) is 5.66. The van der Waals surface area contributed by atoms with Gasteiger partial charge >= 0.3 is 0 Å². The highest BCUT2D eigenvalue weighted by Gasteiger charge is 2.34. The molecular weight excluding hydrogens is 328 g/mol. The van der Waals surface area contributed by atoms with Crippen LogP contribution in [0.1, 0.15) is 11.1 Å². The van der Waals surface area contributed by atoms with Crippen molar-refractivity contribution >= 4 is 29.1 Å². The van der Waals surface area contributed by atoms with Gasteiger partial charge in [0, 0.05) is 16.4 Å². The largest absolute Gasteiger partial charge is 0.858 e. The number of carbonyl (C=O) groups excluding carboxylic acids is 1. The predicted molar refractivity (Wildman–Crippen MR) is 93.7 cm³/mol. The van der Waals surface area contributed by atoms with Crippen molar-refractivity contribution in [3.05, 3.63) is 86.7 Å². The normalized spacial score (nSPS) is 15.3. The minimum atomic E-state index is -0.520. The molecule has 2 aliphatic rings. The van der Waals surface area contributed by atoms with Crippen LogP contribution in [0.5, 0.6) is 0 Å². The molecule has 0 radical (unpaired) electrons. The minimum Gasteiger partial charge on any atom is -0.858 e. The number of benzene rings is 2. The number of amides is 1. The Bertz CT molecular complexity index is 1230. The molecule has 0 unspecified atom stereocenters. The van der Waals surface area contributed by atoms with Gasteiger partial charge in [0.15, 0.2) is 0 Å². The summed E-state index contributed by atoms with van der Waals surface area (Å²) in [6.07, 6.45) is 0. The topological polar surface area (TPSA) is 111 Å². The molecule has 0 N–H and O–H groups in total. The van der Waals surface area contributed by atoms with Gasteiger partial charge in [0.2, 0.25) is 0 Å². The zero-order valence-corrected chi connectivity index (χ0v) is 13.2. The molecule has 0 spiro atoms. The Labute approximate surface area is 147 Å². The Morgan fingerprint density at radius 2 is 1.65 bits per heavy atom. The summed E-state index contributed by atoms with van der Waals surface area (Å²) >= 11 is 0. The molecule has 0 saturated heterocycles. The van der Waals surface area contributed by atoms with Crippen LogP contribution in [0.25, 0.3) is 11.1 Å². The van der Waals surface area contributed by atoms with Crippen LogP contribution < -0.4 is 15.5 Å². The molecule has 0 aliphatic carbocycles. The van der Waals surface area contributed by atoms with E-state index in [1.165, 1.54) is 0 Å². The third-order valence-electron chi connectivity index (χ3n) is 4.15. The summed E-state index contributed by atoms with van der Waals surface area (Å²) < 4.78 is 0. The van der Waals surface area contributed by atoms with E-state index in [9.17, 15) is 9.90 Å². The molecule has 2 heterocycles. The minimum absolute atomic E-state index is 0.180. The van der Waals surface area contributed by atoms with Crippen LogP contribution in [0.15, 0.2) is 69.7 Å². The molecule has 0 fully saturated rings. The summed E-state index contributed by atoms with van der Waals surface area (Å²) in [6.45, 7) is 0. The first-order valence-corrected chi connectivity index (χ1v) is 7.64. The lowest BCUT2D eigenvalue weighted by Gasteiger charge is -2.10. The van der Waals surface area contributed by atoms with Crippen molar-refractivity contribution in [1.82, 2.24) is 0 Å². The molecule has 1 amide bonds. The fraction of sp³-hybridized carbons (Fsp3) is 0. The van der Waals surface area contributed by atoms with E-state index >= 15 is 0 Å². The number of hydrogen-bond donors (Lipinski definition) is 0. The third-order valence-corrected chi connectivity index (χ3v) is 4.15. The maximum Gasteiger partial charge on any atom is 0.280 e. The molecule has 26 heavy (non-hydrogen) atoms. The van der Waals surface area contributed by atoms with Crippen LogP contribution in [0, 0.1) is 11.3 Å². The maximum absolute atomic E-state index is 12.4. The van der Waals surface area contributed by atoms with E-state index in [1.807, 2.05) is 11.9 Å². The second-order valence-electron chi connectivity index (χ2n) is 5.66. The Balaban J connectivity index is 1.89. The van der Waals surface area contributed by atoms with E-state index in [-0.39, 0.29) is 22.6 Å². The first-order chi connectivity index (χ1) is 12.6. The lowest BCUT2D eigenvalue weighted by atomic mass is 9.99. The van der Waals surface area contributed by atoms with Gasteiger partial charge in [0.25, 0.3) is 5.91 Å².